The van der Waals surface area contributed by atoms with Gasteiger partial charge < -0.3 is 10.0 Å². The highest BCUT2D eigenvalue weighted by Gasteiger charge is 2.22. The van der Waals surface area contributed by atoms with Gasteiger partial charge in [0, 0.05) is 31.1 Å². The molecule has 1 fully saturated rings. The summed E-state index contributed by atoms with van der Waals surface area (Å²) in [5, 5.41) is 15.7. The molecular weight excluding hydrogens is 326 g/mol. The molecule has 1 aliphatic rings. The molecule has 5 rings (SSSR count). The molecule has 0 bridgehead atoms. The van der Waals surface area contributed by atoms with Crippen LogP contribution in [0, 0.1) is 0 Å². The fourth-order valence-electron chi connectivity index (χ4n) is 3.59. The molecule has 3 aromatic heterocycles. The highest BCUT2D eigenvalue weighted by Crippen LogP contribution is 2.21. The van der Waals surface area contributed by atoms with Gasteiger partial charge in [-0.25, -0.2) is 9.50 Å². The maximum Gasteiger partial charge on any atom is 0.153 e. The van der Waals surface area contributed by atoms with Gasteiger partial charge in [-0.1, -0.05) is 12.1 Å². The van der Waals surface area contributed by atoms with E-state index in [9.17, 15) is 5.11 Å². The minimum Gasteiger partial charge on any atom is -0.391 e. The summed E-state index contributed by atoms with van der Waals surface area (Å²) in [5.74, 6) is 0.885. The van der Waals surface area contributed by atoms with E-state index in [0.717, 1.165) is 47.4 Å². The second-order valence-corrected chi connectivity index (χ2v) is 6.81. The number of pyridine rings is 1. The van der Waals surface area contributed by atoms with E-state index in [1.54, 1.807) is 0 Å². The first-order valence-corrected chi connectivity index (χ1v) is 8.87. The molecule has 6 nitrogen and oxygen atoms in total. The topological polar surface area (TPSA) is 66.5 Å². The lowest BCUT2D eigenvalue weighted by atomic mass is 10.1. The second-order valence-electron chi connectivity index (χ2n) is 6.81. The second kappa shape index (κ2) is 6.07. The van der Waals surface area contributed by atoms with Gasteiger partial charge in [-0.2, -0.15) is 0 Å². The average Bonchev–Trinajstić information content (AvgIpc) is 3.28. The molecule has 26 heavy (non-hydrogen) atoms. The van der Waals surface area contributed by atoms with E-state index < -0.39 is 0 Å². The first-order valence-electron chi connectivity index (χ1n) is 8.87. The van der Waals surface area contributed by atoms with Crippen LogP contribution in [0.25, 0.3) is 16.6 Å². The maximum atomic E-state index is 9.78. The minimum atomic E-state index is -0.263. The van der Waals surface area contributed by atoms with Crippen LogP contribution in [-0.2, 0) is 6.42 Å². The van der Waals surface area contributed by atoms with E-state index in [1.165, 1.54) is 5.56 Å². The molecule has 0 amide bonds. The third kappa shape index (κ3) is 2.68. The van der Waals surface area contributed by atoms with E-state index in [4.69, 9.17) is 5.10 Å². The Labute approximate surface area is 150 Å². The van der Waals surface area contributed by atoms with Gasteiger partial charge in [0.1, 0.15) is 5.82 Å². The summed E-state index contributed by atoms with van der Waals surface area (Å²) >= 11 is 0. The summed E-state index contributed by atoms with van der Waals surface area (Å²) in [6, 6.07) is 14.3. The summed E-state index contributed by atoms with van der Waals surface area (Å²) in [4.78, 5) is 11.0. The standard InChI is InChI=1S/C20H19N5O/c26-17-7-9-24(13-17)20-6-5-19-22-12-16(25(19)23-20)11-14-3-4-18-15(10-14)2-1-8-21-18/h1-6,8,10,12,17,26H,7,9,11,13H2/t17-/m0/s1. The summed E-state index contributed by atoms with van der Waals surface area (Å²) < 4.78 is 1.91. The van der Waals surface area contributed by atoms with Crippen molar-refractivity contribution < 1.29 is 5.11 Å². The van der Waals surface area contributed by atoms with Crippen molar-refractivity contribution in [2.24, 2.45) is 0 Å². The van der Waals surface area contributed by atoms with E-state index in [1.807, 2.05) is 35.1 Å². The van der Waals surface area contributed by atoms with Crippen molar-refractivity contribution in [3.8, 4) is 0 Å². The largest absolute Gasteiger partial charge is 0.391 e. The molecule has 0 radical (unpaired) electrons. The number of aliphatic hydroxyl groups is 1. The van der Waals surface area contributed by atoms with Crippen molar-refractivity contribution in [2.45, 2.75) is 18.9 Å². The lowest BCUT2D eigenvalue weighted by molar-refractivity contribution is 0.198. The monoisotopic (exact) mass is 345 g/mol. The third-order valence-corrected chi connectivity index (χ3v) is 4.96. The Morgan fingerprint density at radius 2 is 2.08 bits per heavy atom. The summed E-state index contributed by atoms with van der Waals surface area (Å²) in [6.07, 6.45) is 4.99. The zero-order chi connectivity index (χ0) is 17.5. The SMILES string of the molecule is O[C@H]1CCN(c2ccc3ncc(Cc4ccc5ncccc5c4)n3n2)C1. The molecule has 1 aromatic carbocycles. The molecule has 4 heterocycles. The molecule has 0 unspecified atom stereocenters. The van der Waals surface area contributed by atoms with Gasteiger partial charge in [0.25, 0.3) is 0 Å². The Hall–Kier alpha value is -2.99. The van der Waals surface area contributed by atoms with Gasteiger partial charge >= 0.3 is 0 Å². The van der Waals surface area contributed by atoms with E-state index in [-0.39, 0.29) is 6.10 Å². The summed E-state index contributed by atoms with van der Waals surface area (Å²) in [7, 11) is 0. The Morgan fingerprint density at radius 3 is 2.96 bits per heavy atom. The van der Waals surface area contributed by atoms with Gasteiger partial charge in [0.05, 0.1) is 23.5 Å². The molecule has 4 aromatic rings. The quantitative estimate of drug-likeness (QED) is 0.618. The zero-order valence-corrected chi connectivity index (χ0v) is 14.3. The fourth-order valence-corrected chi connectivity index (χ4v) is 3.59. The smallest absolute Gasteiger partial charge is 0.153 e. The summed E-state index contributed by atoms with van der Waals surface area (Å²) in [6.45, 7) is 1.47. The number of fused-ring (bicyclic) bond motifs is 2. The highest BCUT2D eigenvalue weighted by molar-refractivity contribution is 5.79. The van der Waals surface area contributed by atoms with Crippen LogP contribution < -0.4 is 4.90 Å². The molecule has 0 aliphatic carbocycles. The maximum absolute atomic E-state index is 9.78. The summed E-state index contributed by atoms with van der Waals surface area (Å²) in [5.41, 5.74) is 4.09. The van der Waals surface area contributed by atoms with Crippen LogP contribution in [0.5, 0.6) is 0 Å². The predicted molar refractivity (Wildman–Crippen MR) is 100 cm³/mol. The van der Waals surface area contributed by atoms with Crippen molar-refractivity contribution in [1.29, 1.82) is 0 Å². The zero-order valence-electron chi connectivity index (χ0n) is 14.3. The van der Waals surface area contributed by atoms with Crippen molar-refractivity contribution >= 4 is 22.4 Å². The van der Waals surface area contributed by atoms with Crippen LogP contribution in [0.3, 0.4) is 0 Å². The normalized spacial score (nSPS) is 17.4. The minimum absolute atomic E-state index is 0.263. The molecule has 0 spiro atoms. The number of anilines is 1. The first kappa shape index (κ1) is 15.3. The molecule has 1 atom stereocenters. The third-order valence-electron chi connectivity index (χ3n) is 4.96. The number of rotatable bonds is 3. The van der Waals surface area contributed by atoms with Crippen molar-refractivity contribution in [2.75, 3.05) is 18.0 Å². The lowest BCUT2D eigenvalue weighted by Gasteiger charge is -2.16. The molecule has 1 N–H and O–H groups in total. The molecule has 1 saturated heterocycles. The Morgan fingerprint density at radius 1 is 1.12 bits per heavy atom. The van der Waals surface area contributed by atoms with Crippen molar-refractivity contribution in [3.05, 3.63) is 66.1 Å². The molecule has 130 valence electrons. The predicted octanol–water partition coefficient (Wildman–Crippen LogP) is 2.44. The number of aliphatic hydroxyl groups excluding tert-OH is 1. The van der Waals surface area contributed by atoms with Gasteiger partial charge in [-0.05, 0) is 42.3 Å². The number of β-amino-alcohol motifs (C(OH)–C–C–N with tert-alkyl or cyclic N) is 1. The van der Waals surface area contributed by atoms with Crippen LogP contribution in [0.1, 0.15) is 17.7 Å². The van der Waals surface area contributed by atoms with Crippen LogP contribution in [0.15, 0.2) is 54.9 Å². The van der Waals surface area contributed by atoms with E-state index >= 15 is 0 Å². The average molecular weight is 345 g/mol. The Bertz CT molecular complexity index is 1090. The van der Waals surface area contributed by atoms with Gasteiger partial charge in [-0.15, -0.1) is 5.10 Å². The van der Waals surface area contributed by atoms with Gasteiger partial charge in [0.2, 0.25) is 0 Å². The molecular formula is C20H19N5O. The Kier molecular flexibility index (Phi) is 3.57. The highest BCUT2D eigenvalue weighted by atomic mass is 16.3. The number of aromatic nitrogens is 4. The van der Waals surface area contributed by atoms with E-state index in [2.05, 4.69) is 39.1 Å². The number of nitrogens with zero attached hydrogens (tertiary/aromatic N) is 5. The van der Waals surface area contributed by atoms with Crippen LogP contribution in [0.4, 0.5) is 5.82 Å². The van der Waals surface area contributed by atoms with Gasteiger partial charge in [-0.3, -0.25) is 4.98 Å². The fraction of sp³-hybridized carbons (Fsp3) is 0.250. The van der Waals surface area contributed by atoms with Crippen LogP contribution >= 0.6 is 0 Å². The number of hydrogen-bond donors (Lipinski definition) is 1. The van der Waals surface area contributed by atoms with Crippen molar-refractivity contribution in [3.63, 3.8) is 0 Å². The Balaban J connectivity index is 1.49. The van der Waals surface area contributed by atoms with Crippen LogP contribution in [-0.4, -0.2) is 43.9 Å². The molecule has 1 aliphatic heterocycles. The number of imidazole rings is 1. The lowest BCUT2D eigenvalue weighted by Crippen LogP contribution is -2.23. The van der Waals surface area contributed by atoms with Crippen molar-refractivity contribution in [1.82, 2.24) is 19.6 Å². The molecule has 0 saturated carbocycles. The first-order chi connectivity index (χ1) is 12.8. The number of benzene rings is 1. The molecule has 6 heteroatoms. The van der Waals surface area contributed by atoms with E-state index in [0.29, 0.717) is 6.54 Å². The number of hydrogen-bond acceptors (Lipinski definition) is 5. The van der Waals surface area contributed by atoms with Crippen LogP contribution in [0.2, 0.25) is 0 Å². The van der Waals surface area contributed by atoms with Gasteiger partial charge in [0.15, 0.2) is 5.65 Å².